The van der Waals surface area contributed by atoms with Crippen LogP contribution in [0.2, 0.25) is 5.02 Å². The van der Waals surface area contributed by atoms with Crippen LogP contribution >= 0.6 is 11.6 Å². The van der Waals surface area contributed by atoms with E-state index in [9.17, 15) is 28.1 Å². The number of nitrogens with zero attached hydrogens (tertiary/aromatic N) is 2. The number of hydrogen-bond acceptors (Lipinski definition) is 7. The fraction of sp³-hybridized carbons (Fsp3) is 0.350. The maximum absolute atomic E-state index is 12.8. The second kappa shape index (κ2) is 10.5. The molecule has 0 heterocycles. The molecule has 174 valence electrons. The summed E-state index contributed by atoms with van der Waals surface area (Å²) in [6.07, 6.45) is -4.58. The van der Waals surface area contributed by atoms with Gasteiger partial charge in [0.25, 0.3) is 5.69 Å². The summed E-state index contributed by atoms with van der Waals surface area (Å²) in [4.78, 5) is 27.9. The number of ether oxygens (including phenoxy) is 2. The highest BCUT2D eigenvalue weighted by Gasteiger charge is 2.31. The van der Waals surface area contributed by atoms with Crippen LogP contribution in [0.5, 0.6) is 11.5 Å². The third kappa shape index (κ3) is 6.72. The van der Waals surface area contributed by atoms with E-state index in [1.165, 1.54) is 19.2 Å². The first-order chi connectivity index (χ1) is 14.9. The standard InChI is InChI=1S/C20H20ClF3N2O6/c1-12(2)11-31-19(27)10-25(30-3)17-9-14(5-6-16(17)26(28)29)32-18-7-4-13(8-15(18)21)20(22,23)24/h4-9,12H,10-11H2,1-3H3. The van der Waals surface area contributed by atoms with E-state index in [2.05, 4.69) is 0 Å². The Kier molecular flexibility index (Phi) is 8.28. The van der Waals surface area contributed by atoms with Gasteiger partial charge in [-0.05, 0) is 30.2 Å². The van der Waals surface area contributed by atoms with Gasteiger partial charge in [0.1, 0.15) is 23.7 Å². The van der Waals surface area contributed by atoms with Crippen molar-refractivity contribution in [2.24, 2.45) is 5.92 Å². The molecule has 0 unspecified atom stereocenters. The number of anilines is 1. The van der Waals surface area contributed by atoms with Gasteiger partial charge in [-0.3, -0.25) is 19.7 Å². The zero-order valence-electron chi connectivity index (χ0n) is 17.3. The number of alkyl halides is 3. The number of halogens is 4. The Hall–Kier alpha value is -3.05. The van der Waals surface area contributed by atoms with E-state index in [1.807, 2.05) is 13.8 Å². The highest BCUT2D eigenvalue weighted by Crippen LogP contribution is 2.38. The molecular formula is C20H20ClF3N2O6. The number of carbonyl (C=O) groups excluding carboxylic acids is 1. The van der Waals surface area contributed by atoms with Gasteiger partial charge in [0.05, 0.1) is 29.2 Å². The molecule has 0 radical (unpaired) electrons. The van der Waals surface area contributed by atoms with Gasteiger partial charge in [-0.15, -0.1) is 0 Å². The van der Waals surface area contributed by atoms with E-state index in [0.717, 1.165) is 23.3 Å². The molecule has 2 aromatic carbocycles. The molecule has 12 heteroatoms. The Morgan fingerprint density at radius 3 is 2.44 bits per heavy atom. The van der Waals surface area contributed by atoms with Crippen LogP contribution in [0.4, 0.5) is 24.5 Å². The Morgan fingerprint density at radius 2 is 1.91 bits per heavy atom. The van der Waals surface area contributed by atoms with Crippen molar-refractivity contribution in [1.82, 2.24) is 0 Å². The van der Waals surface area contributed by atoms with Crippen LogP contribution in [-0.4, -0.2) is 31.2 Å². The van der Waals surface area contributed by atoms with E-state index in [4.69, 9.17) is 25.9 Å². The van der Waals surface area contributed by atoms with E-state index in [0.29, 0.717) is 6.07 Å². The second-order valence-electron chi connectivity index (χ2n) is 6.95. The summed E-state index contributed by atoms with van der Waals surface area (Å²) in [5, 5.41) is 12.1. The predicted molar refractivity (Wildman–Crippen MR) is 110 cm³/mol. The van der Waals surface area contributed by atoms with Gasteiger partial charge in [0.15, 0.2) is 0 Å². The zero-order valence-corrected chi connectivity index (χ0v) is 18.1. The molecule has 0 N–H and O–H groups in total. The third-order valence-electron chi connectivity index (χ3n) is 3.97. The lowest BCUT2D eigenvalue weighted by atomic mass is 10.2. The largest absolute Gasteiger partial charge is 0.464 e. The number of esters is 1. The molecule has 0 saturated carbocycles. The summed E-state index contributed by atoms with van der Waals surface area (Å²) in [5.74, 6) is -0.661. The van der Waals surface area contributed by atoms with Crippen molar-refractivity contribution >= 4 is 28.9 Å². The number of hydroxylamine groups is 1. The normalized spacial score (nSPS) is 11.4. The second-order valence-corrected chi connectivity index (χ2v) is 7.36. The molecule has 0 aliphatic heterocycles. The van der Waals surface area contributed by atoms with Crippen molar-refractivity contribution in [3.63, 3.8) is 0 Å². The third-order valence-corrected chi connectivity index (χ3v) is 4.27. The minimum absolute atomic E-state index is 0.0184. The van der Waals surface area contributed by atoms with Crippen molar-refractivity contribution in [1.29, 1.82) is 0 Å². The van der Waals surface area contributed by atoms with Gasteiger partial charge in [-0.25, -0.2) is 5.06 Å². The number of hydrogen-bond donors (Lipinski definition) is 0. The van der Waals surface area contributed by atoms with Gasteiger partial charge < -0.3 is 9.47 Å². The molecule has 0 amide bonds. The van der Waals surface area contributed by atoms with Crippen molar-refractivity contribution in [3.8, 4) is 11.5 Å². The highest BCUT2D eigenvalue weighted by molar-refractivity contribution is 6.32. The monoisotopic (exact) mass is 476 g/mol. The summed E-state index contributed by atoms with van der Waals surface area (Å²) in [6.45, 7) is 3.40. The highest BCUT2D eigenvalue weighted by atomic mass is 35.5. The van der Waals surface area contributed by atoms with Crippen LogP contribution in [0.15, 0.2) is 36.4 Å². The topological polar surface area (TPSA) is 91.1 Å². The van der Waals surface area contributed by atoms with Crippen molar-refractivity contribution in [3.05, 3.63) is 57.1 Å². The maximum Gasteiger partial charge on any atom is 0.416 e. The summed E-state index contributed by atoms with van der Waals surface area (Å²) >= 11 is 5.90. The molecule has 2 aromatic rings. The molecule has 0 aliphatic rings. The first kappa shape index (κ1) is 25.2. The van der Waals surface area contributed by atoms with E-state index >= 15 is 0 Å². The molecule has 32 heavy (non-hydrogen) atoms. The molecule has 8 nitrogen and oxygen atoms in total. The average molecular weight is 477 g/mol. The fourth-order valence-electron chi connectivity index (χ4n) is 2.48. The Bertz CT molecular complexity index is 984. The smallest absolute Gasteiger partial charge is 0.416 e. The fourth-order valence-corrected chi connectivity index (χ4v) is 2.70. The average Bonchev–Trinajstić information content (AvgIpc) is 2.71. The molecule has 0 aromatic heterocycles. The molecule has 0 fully saturated rings. The van der Waals surface area contributed by atoms with E-state index in [-0.39, 0.29) is 34.7 Å². The summed E-state index contributed by atoms with van der Waals surface area (Å²) < 4.78 is 49.0. The zero-order chi connectivity index (χ0) is 24.1. The lowest BCUT2D eigenvalue weighted by Gasteiger charge is -2.21. The molecule has 0 atom stereocenters. The number of rotatable bonds is 9. The summed E-state index contributed by atoms with van der Waals surface area (Å²) in [6, 6.07) is 6.07. The van der Waals surface area contributed by atoms with Crippen molar-refractivity contribution < 1.29 is 37.2 Å². The quantitative estimate of drug-likeness (QED) is 0.263. The van der Waals surface area contributed by atoms with Gasteiger partial charge in [-0.2, -0.15) is 13.2 Å². The van der Waals surface area contributed by atoms with Crippen LogP contribution in [0, 0.1) is 16.0 Å². The first-order valence-electron chi connectivity index (χ1n) is 9.22. The van der Waals surface area contributed by atoms with Gasteiger partial charge in [0, 0.05) is 12.1 Å². The van der Waals surface area contributed by atoms with Crippen LogP contribution in [0.1, 0.15) is 19.4 Å². The lowest BCUT2D eigenvalue weighted by molar-refractivity contribution is -0.384. The van der Waals surface area contributed by atoms with Crippen LogP contribution in [-0.2, 0) is 20.5 Å². The molecule has 2 rings (SSSR count). The van der Waals surface area contributed by atoms with E-state index < -0.39 is 34.9 Å². The number of nitro groups is 1. The summed E-state index contributed by atoms with van der Waals surface area (Å²) in [7, 11) is 1.21. The minimum atomic E-state index is -4.58. The van der Waals surface area contributed by atoms with E-state index in [1.54, 1.807) is 0 Å². The van der Waals surface area contributed by atoms with Gasteiger partial charge in [-0.1, -0.05) is 25.4 Å². The lowest BCUT2D eigenvalue weighted by Crippen LogP contribution is -2.31. The van der Waals surface area contributed by atoms with Crippen LogP contribution < -0.4 is 9.80 Å². The van der Waals surface area contributed by atoms with Crippen molar-refractivity contribution in [2.45, 2.75) is 20.0 Å². The SMILES string of the molecule is CON(CC(=O)OCC(C)C)c1cc(Oc2ccc(C(F)(F)F)cc2Cl)ccc1[N+](=O)[O-]. The molecule has 0 aliphatic carbocycles. The Morgan fingerprint density at radius 1 is 1.22 bits per heavy atom. The van der Waals surface area contributed by atoms with Gasteiger partial charge >= 0.3 is 12.1 Å². The van der Waals surface area contributed by atoms with Crippen molar-refractivity contribution in [2.75, 3.05) is 25.3 Å². The molecule has 0 spiro atoms. The molecule has 0 saturated heterocycles. The number of nitro benzene ring substituents is 1. The molecular weight excluding hydrogens is 457 g/mol. The summed E-state index contributed by atoms with van der Waals surface area (Å²) in [5.41, 5.74) is -1.47. The molecule has 0 bridgehead atoms. The number of benzene rings is 2. The first-order valence-corrected chi connectivity index (χ1v) is 9.60. The number of carbonyl (C=O) groups is 1. The van der Waals surface area contributed by atoms with Gasteiger partial charge in [0.2, 0.25) is 0 Å². The maximum atomic E-state index is 12.8. The Balaban J connectivity index is 2.32. The predicted octanol–water partition coefficient (Wildman–Crippen LogP) is 5.63. The Labute approximate surface area is 186 Å². The minimum Gasteiger partial charge on any atom is -0.464 e. The van der Waals surface area contributed by atoms with Crippen LogP contribution in [0.3, 0.4) is 0 Å². The van der Waals surface area contributed by atoms with Crippen LogP contribution in [0.25, 0.3) is 0 Å².